The monoisotopic (exact) mass is 344 g/mol. The summed E-state index contributed by atoms with van der Waals surface area (Å²) in [5.41, 5.74) is 2.37. The highest BCUT2D eigenvalue weighted by atomic mass is 16.7. The smallest absolute Gasteiger partial charge is 0.337 e. The van der Waals surface area contributed by atoms with Crippen molar-refractivity contribution in [3.05, 3.63) is 65.2 Å². The largest absolute Gasteiger partial charge is 0.496 e. The second-order valence-corrected chi connectivity index (χ2v) is 5.55. The molecule has 25 heavy (non-hydrogen) atoms. The molecule has 0 amide bonds. The third-order valence-corrected chi connectivity index (χ3v) is 4.30. The first-order valence-electron chi connectivity index (χ1n) is 8.01. The molecule has 2 aromatic rings. The first-order valence-corrected chi connectivity index (χ1v) is 8.01. The first-order chi connectivity index (χ1) is 12.1. The molecule has 0 spiro atoms. The molecule has 0 aliphatic heterocycles. The summed E-state index contributed by atoms with van der Waals surface area (Å²) in [7, 11) is 6.20. The van der Waals surface area contributed by atoms with Crippen LogP contribution in [-0.4, -0.2) is 34.4 Å². The molecule has 0 aliphatic rings. The van der Waals surface area contributed by atoms with Gasteiger partial charge in [0.1, 0.15) is 5.75 Å². The Morgan fingerprint density at radius 3 is 2.20 bits per heavy atom. The highest BCUT2D eigenvalue weighted by molar-refractivity contribution is 5.89. The van der Waals surface area contributed by atoms with Crippen molar-refractivity contribution in [2.75, 3.05) is 28.4 Å². The van der Waals surface area contributed by atoms with Crippen molar-refractivity contribution in [2.24, 2.45) is 0 Å². The van der Waals surface area contributed by atoms with Gasteiger partial charge in [0.05, 0.1) is 19.8 Å². The average molecular weight is 344 g/mol. The van der Waals surface area contributed by atoms with Crippen molar-refractivity contribution in [1.82, 2.24) is 0 Å². The number of carbonyl (C=O) groups is 1. The molecular formula is C20H24O5. The van der Waals surface area contributed by atoms with E-state index >= 15 is 0 Å². The van der Waals surface area contributed by atoms with Crippen molar-refractivity contribution in [2.45, 2.75) is 18.6 Å². The molecule has 0 saturated carbocycles. The van der Waals surface area contributed by atoms with Crippen LogP contribution in [0.3, 0.4) is 0 Å². The molecule has 5 nitrogen and oxygen atoms in total. The van der Waals surface area contributed by atoms with Crippen molar-refractivity contribution in [3.8, 4) is 5.75 Å². The van der Waals surface area contributed by atoms with Gasteiger partial charge in [-0.25, -0.2) is 4.79 Å². The maximum Gasteiger partial charge on any atom is 0.337 e. The lowest BCUT2D eigenvalue weighted by atomic mass is 9.96. The van der Waals surface area contributed by atoms with Crippen LogP contribution in [-0.2, 0) is 26.4 Å². The summed E-state index contributed by atoms with van der Waals surface area (Å²) in [5.74, 6) is -0.595. The predicted octanol–water partition coefficient (Wildman–Crippen LogP) is 3.56. The van der Waals surface area contributed by atoms with Gasteiger partial charge in [0.15, 0.2) is 5.79 Å². The lowest BCUT2D eigenvalue weighted by molar-refractivity contribution is -0.219. The van der Waals surface area contributed by atoms with Gasteiger partial charge in [-0.05, 0) is 24.1 Å². The van der Waals surface area contributed by atoms with Crippen LogP contribution in [0.4, 0.5) is 0 Å². The van der Waals surface area contributed by atoms with Gasteiger partial charge < -0.3 is 18.9 Å². The van der Waals surface area contributed by atoms with Crippen LogP contribution in [0.1, 0.15) is 27.9 Å². The molecule has 0 unspecified atom stereocenters. The minimum Gasteiger partial charge on any atom is -0.496 e. The summed E-state index contributed by atoms with van der Waals surface area (Å²) in [6, 6.07) is 15.1. The summed E-state index contributed by atoms with van der Waals surface area (Å²) in [6.45, 7) is 0. The van der Waals surface area contributed by atoms with Crippen LogP contribution >= 0.6 is 0 Å². The standard InChI is InChI=1S/C20H24O5/c1-22-18-14-16(19(21)23-2)11-10-15(18)12-13-20(24-3,25-4)17-8-6-5-7-9-17/h5-11,14H,12-13H2,1-4H3. The van der Waals surface area contributed by atoms with Crippen LogP contribution in [0.15, 0.2) is 48.5 Å². The molecule has 0 fully saturated rings. The third-order valence-electron chi connectivity index (χ3n) is 4.30. The van der Waals surface area contributed by atoms with Gasteiger partial charge in [-0.15, -0.1) is 0 Å². The van der Waals surface area contributed by atoms with E-state index in [0.717, 1.165) is 11.1 Å². The maximum atomic E-state index is 11.7. The van der Waals surface area contributed by atoms with Gasteiger partial charge >= 0.3 is 5.97 Å². The minimum absolute atomic E-state index is 0.391. The number of carbonyl (C=O) groups excluding carboxylic acids is 1. The molecule has 0 N–H and O–H groups in total. The van der Waals surface area contributed by atoms with Crippen LogP contribution in [0.25, 0.3) is 0 Å². The fourth-order valence-corrected chi connectivity index (χ4v) is 2.85. The predicted molar refractivity (Wildman–Crippen MR) is 94.8 cm³/mol. The number of methoxy groups -OCH3 is 4. The molecule has 0 atom stereocenters. The van der Waals surface area contributed by atoms with E-state index < -0.39 is 11.8 Å². The van der Waals surface area contributed by atoms with Gasteiger partial charge in [0, 0.05) is 26.2 Å². The molecule has 0 bridgehead atoms. The number of aryl methyl sites for hydroxylation is 1. The number of hydrogen-bond acceptors (Lipinski definition) is 5. The highest BCUT2D eigenvalue weighted by Crippen LogP contribution is 2.33. The molecular weight excluding hydrogens is 320 g/mol. The average Bonchev–Trinajstić information content (AvgIpc) is 2.69. The molecule has 5 heteroatoms. The lowest BCUT2D eigenvalue weighted by Gasteiger charge is -2.31. The Bertz CT molecular complexity index is 692. The minimum atomic E-state index is -0.840. The number of rotatable bonds is 8. The summed E-state index contributed by atoms with van der Waals surface area (Å²) < 4.78 is 21.6. The Labute approximate surface area is 148 Å². The molecule has 0 heterocycles. The summed E-state index contributed by atoms with van der Waals surface area (Å²) in [5, 5.41) is 0. The van der Waals surface area contributed by atoms with Gasteiger partial charge in [0.2, 0.25) is 0 Å². The second-order valence-electron chi connectivity index (χ2n) is 5.55. The highest BCUT2D eigenvalue weighted by Gasteiger charge is 2.32. The molecule has 134 valence electrons. The number of ether oxygens (including phenoxy) is 4. The van der Waals surface area contributed by atoms with E-state index in [1.54, 1.807) is 33.5 Å². The Morgan fingerprint density at radius 2 is 1.64 bits per heavy atom. The van der Waals surface area contributed by atoms with Gasteiger partial charge in [0.25, 0.3) is 0 Å². The zero-order valence-corrected chi connectivity index (χ0v) is 15.1. The fourth-order valence-electron chi connectivity index (χ4n) is 2.85. The van der Waals surface area contributed by atoms with Crippen molar-refractivity contribution < 1.29 is 23.7 Å². The zero-order valence-electron chi connectivity index (χ0n) is 15.1. The van der Waals surface area contributed by atoms with E-state index in [-0.39, 0.29) is 0 Å². The Morgan fingerprint density at radius 1 is 0.960 bits per heavy atom. The summed E-state index contributed by atoms with van der Waals surface area (Å²) >= 11 is 0. The van der Waals surface area contributed by atoms with Gasteiger partial charge in [-0.2, -0.15) is 0 Å². The number of esters is 1. The summed E-state index contributed by atoms with van der Waals surface area (Å²) in [6.07, 6.45) is 1.25. The van der Waals surface area contributed by atoms with E-state index in [9.17, 15) is 4.79 Å². The lowest BCUT2D eigenvalue weighted by Crippen LogP contribution is -2.31. The Hall–Kier alpha value is -2.37. The Balaban J connectivity index is 2.25. The zero-order chi connectivity index (χ0) is 18.3. The second kappa shape index (κ2) is 8.65. The fraction of sp³-hybridized carbons (Fsp3) is 0.350. The molecule has 0 saturated heterocycles. The van der Waals surface area contributed by atoms with Crippen molar-refractivity contribution >= 4 is 5.97 Å². The van der Waals surface area contributed by atoms with Crippen LogP contribution < -0.4 is 4.74 Å². The molecule has 2 aromatic carbocycles. The van der Waals surface area contributed by atoms with Crippen LogP contribution in [0.2, 0.25) is 0 Å². The molecule has 0 radical (unpaired) electrons. The summed E-state index contributed by atoms with van der Waals surface area (Å²) in [4.78, 5) is 11.7. The van der Waals surface area contributed by atoms with Gasteiger partial charge in [-0.1, -0.05) is 36.4 Å². The third kappa shape index (κ3) is 4.18. The van der Waals surface area contributed by atoms with Crippen molar-refractivity contribution in [3.63, 3.8) is 0 Å². The number of benzene rings is 2. The van der Waals surface area contributed by atoms with E-state index in [1.165, 1.54) is 7.11 Å². The van der Waals surface area contributed by atoms with E-state index in [1.807, 2.05) is 36.4 Å². The first kappa shape index (κ1) is 19.0. The molecule has 0 aliphatic carbocycles. The van der Waals surface area contributed by atoms with Gasteiger partial charge in [-0.3, -0.25) is 0 Å². The Kier molecular flexibility index (Phi) is 6.56. The van der Waals surface area contributed by atoms with E-state index in [4.69, 9.17) is 18.9 Å². The SMILES string of the molecule is COC(=O)c1ccc(CCC(OC)(OC)c2ccccc2)c(OC)c1. The normalized spacial score (nSPS) is 11.2. The topological polar surface area (TPSA) is 54.0 Å². The van der Waals surface area contributed by atoms with Crippen LogP contribution in [0, 0.1) is 0 Å². The van der Waals surface area contributed by atoms with Crippen LogP contribution in [0.5, 0.6) is 5.75 Å². The van der Waals surface area contributed by atoms with E-state index in [0.29, 0.717) is 24.2 Å². The number of hydrogen-bond donors (Lipinski definition) is 0. The molecule has 2 rings (SSSR count). The molecule has 0 aromatic heterocycles. The quantitative estimate of drug-likeness (QED) is 0.541. The maximum absolute atomic E-state index is 11.7. The van der Waals surface area contributed by atoms with E-state index in [2.05, 4.69) is 0 Å². The van der Waals surface area contributed by atoms with Crippen molar-refractivity contribution in [1.29, 1.82) is 0 Å².